The molecule has 1 saturated heterocycles. The quantitative estimate of drug-likeness (QED) is 0.438. The van der Waals surface area contributed by atoms with Gasteiger partial charge in [-0.2, -0.15) is 0 Å². The number of rotatable bonds is 7. The van der Waals surface area contributed by atoms with Crippen LogP contribution in [-0.4, -0.2) is 47.9 Å². The van der Waals surface area contributed by atoms with Crippen LogP contribution in [0.5, 0.6) is 5.75 Å². The van der Waals surface area contributed by atoms with Gasteiger partial charge in [-0.1, -0.05) is 89.9 Å². The fourth-order valence-corrected chi connectivity index (χ4v) is 5.54. The van der Waals surface area contributed by atoms with E-state index in [2.05, 4.69) is 50.1 Å². The molecule has 0 aliphatic carbocycles. The highest BCUT2D eigenvalue weighted by molar-refractivity contribution is 5.82. The molecule has 0 aromatic heterocycles. The summed E-state index contributed by atoms with van der Waals surface area (Å²) in [5.74, 6) is 4.70. The van der Waals surface area contributed by atoms with E-state index < -0.39 is 35.5 Å². The number of nitrogens with zero attached hydrogens (tertiary/aromatic N) is 1. The number of likely N-dealkylation sites (tertiary alicyclic amines) is 1. The molecule has 1 fully saturated rings. The second-order valence-electron chi connectivity index (χ2n) is 12.1. The number of ether oxygens (including phenoxy) is 2. The van der Waals surface area contributed by atoms with Crippen LogP contribution in [-0.2, 0) is 21.5 Å². The molecule has 7 nitrogen and oxygen atoms in total. The van der Waals surface area contributed by atoms with Gasteiger partial charge in [-0.15, -0.1) is 5.92 Å². The number of benzene rings is 2. The second-order valence-corrected chi connectivity index (χ2v) is 12.1. The first-order chi connectivity index (χ1) is 18.3. The van der Waals surface area contributed by atoms with E-state index in [4.69, 9.17) is 9.47 Å². The number of hydrogen-bond donors (Lipinski definition) is 2. The van der Waals surface area contributed by atoms with Crippen molar-refractivity contribution < 1.29 is 24.2 Å². The van der Waals surface area contributed by atoms with Crippen LogP contribution in [0.1, 0.15) is 71.2 Å². The van der Waals surface area contributed by atoms with Crippen LogP contribution in [0, 0.1) is 23.2 Å². The van der Waals surface area contributed by atoms with Crippen LogP contribution >= 0.6 is 0 Å². The lowest BCUT2D eigenvalue weighted by Gasteiger charge is -2.35. The van der Waals surface area contributed by atoms with E-state index >= 15 is 0 Å². The van der Waals surface area contributed by atoms with Crippen LogP contribution in [0.15, 0.2) is 48.5 Å². The number of carbonyl (C=O) groups is 2. The van der Waals surface area contributed by atoms with Gasteiger partial charge in [0.1, 0.15) is 11.8 Å². The lowest BCUT2D eigenvalue weighted by atomic mass is 9.72. The first-order valence-corrected chi connectivity index (χ1v) is 13.3. The lowest BCUT2D eigenvalue weighted by Crippen LogP contribution is -2.48. The third kappa shape index (κ3) is 6.75. The molecule has 7 heteroatoms. The van der Waals surface area contributed by atoms with Gasteiger partial charge in [0.05, 0.1) is 13.2 Å². The number of carboxylic acids is 1. The summed E-state index contributed by atoms with van der Waals surface area (Å²) in [4.78, 5) is 27.7. The standard InChI is InChI=1S/C32H42N2O5/c1-9-10-18-39-30(37)34-27(21-14-12-11-13-15-21)26(25(32(5,6)7)28(34)29(35)36)33-20-22-19-23(31(2,3)4)16-17-24(22)38-8/h11-17,19,25-28,33H,18,20H2,1-8H3,(H,35,36)/t25-,26-,27-,28-/m0/s1. The smallest absolute Gasteiger partial charge is 0.412 e. The summed E-state index contributed by atoms with van der Waals surface area (Å²) >= 11 is 0. The van der Waals surface area contributed by atoms with Crippen molar-refractivity contribution in [2.75, 3.05) is 13.7 Å². The minimum Gasteiger partial charge on any atom is -0.496 e. The molecule has 0 radical (unpaired) electrons. The number of hydrogen-bond acceptors (Lipinski definition) is 5. The molecule has 0 bridgehead atoms. The number of carboxylic acid groups (broad SMARTS) is 1. The van der Waals surface area contributed by atoms with Crippen LogP contribution < -0.4 is 10.1 Å². The topological polar surface area (TPSA) is 88.1 Å². The average Bonchev–Trinajstić information content (AvgIpc) is 3.23. The SMILES string of the molecule is CC#CCOC(=O)N1[C@H](C(=O)O)[C@@H](C(C)(C)C)[C@H](NCc2cc(C(C)(C)C)ccc2OC)[C@@H]1c1ccccc1. The second kappa shape index (κ2) is 12.1. The zero-order valence-corrected chi connectivity index (χ0v) is 24.4. The zero-order valence-electron chi connectivity index (χ0n) is 24.4. The van der Waals surface area contributed by atoms with Crippen LogP contribution in [0.2, 0.25) is 0 Å². The Kier molecular flexibility index (Phi) is 9.34. The summed E-state index contributed by atoms with van der Waals surface area (Å²) < 4.78 is 11.1. The summed E-state index contributed by atoms with van der Waals surface area (Å²) in [5, 5.41) is 14.2. The first-order valence-electron chi connectivity index (χ1n) is 13.3. The van der Waals surface area contributed by atoms with E-state index in [1.54, 1.807) is 14.0 Å². The number of carbonyl (C=O) groups excluding carboxylic acids is 1. The van der Waals surface area contributed by atoms with Gasteiger partial charge in [-0.25, -0.2) is 9.59 Å². The summed E-state index contributed by atoms with van der Waals surface area (Å²) in [5.41, 5.74) is 2.47. The van der Waals surface area contributed by atoms with E-state index in [1.807, 2.05) is 57.2 Å². The molecule has 1 aliphatic rings. The van der Waals surface area contributed by atoms with Gasteiger partial charge < -0.3 is 19.9 Å². The molecule has 4 atom stereocenters. The average molecular weight is 535 g/mol. The molecule has 210 valence electrons. The molecule has 1 amide bonds. The third-order valence-corrected chi connectivity index (χ3v) is 7.39. The maximum atomic E-state index is 13.5. The highest BCUT2D eigenvalue weighted by atomic mass is 16.6. The Morgan fingerprint density at radius 2 is 1.72 bits per heavy atom. The molecule has 2 aromatic carbocycles. The zero-order chi connectivity index (χ0) is 29.0. The molecule has 1 aliphatic heterocycles. The Labute approximate surface area is 232 Å². The van der Waals surface area contributed by atoms with Crippen molar-refractivity contribution in [2.24, 2.45) is 11.3 Å². The predicted molar refractivity (Wildman–Crippen MR) is 153 cm³/mol. The molecular formula is C32H42N2O5. The maximum absolute atomic E-state index is 13.5. The van der Waals surface area contributed by atoms with Gasteiger partial charge in [-0.05, 0) is 34.9 Å². The van der Waals surface area contributed by atoms with E-state index in [0.717, 1.165) is 16.9 Å². The molecule has 0 spiro atoms. The Morgan fingerprint density at radius 3 is 2.26 bits per heavy atom. The molecule has 0 saturated carbocycles. The van der Waals surface area contributed by atoms with Gasteiger partial charge in [0.2, 0.25) is 0 Å². The van der Waals surface area contributed by atoms with Crippen molar-refractivity contribution in [1.82, 2.24) is 10.2 Å². The Morgan fingerprint density at radius 1 is 1.05 bits per heavy atom. The van der Waals surface area contributed by atoms with Gasteiger partial charge in [-0.3, -0.25) is 4.90 Å². The van der Waals surface area contributed by atoms with Gasteiger partial charge in [0.15, 0.2) is 6.61 Å². The minimum absolute atomic E-state index is 0.0504. The summed E-state index contributed by atoms with van der Waals surface area (Å²) in [6, 6.07) is 13.7. The highest BCUT2D eigenvalue weighted by Gasteiger charge is 2.58. The van der Waals surface area contributed by atoms with E-state index in [-0.39, 0.29) is 18.1 Å². The van der Waals surface area contributed by atoms with Crippen molar-refractivity contribution in [1.29, 1.82) is 0 Å². The number of nitrogens with one attached hydrogen (secondary N) is 1. The first kappa shape index (κ1) is 30.0. The largest absolute Gasteiger partial charge is 0.496 e. The van der Waals surface area contributed by atoms with Crippen molar-refractivity contribution in [3.05, 3.63) is 65.2 Å². The number of methoxy groups -OCH3 is 1. The number of aliphatic carboxylic acids is 1. The molecule has 0 unspecified atom stereocenters. The van der Waals surface area contributed by atoms with Gasteiger partial charge in [0.25, 0.3) is 0 Å². The maximum Gasteiger partial charge on any atom is 0.412 e. The van der Waals surface area contributed by atoms with Gasteiger partial charge >= 0.3 is 12.1 Å². The molecule has 1 heterocycles. The van der Waals surface area contributed by atoms with E-state index in [1.165, 1.54) is 10.5 Å². The van der Waals surface area contributed by atoms with Crippen molar-refractivity contribution >= 4 is 12.1 Å². The third-order valence-electron chi connectivity index (χ3n) is 7.39. The minimum atomic E-state index is -1.10. The van der Waals surface area contributed by atoms with E-state index in [0.29, 0.717) is 6.54 Å². The molecule has 39 heavy (non-hydrogen) atoms. The van der Waals surface area contributed by atoms with Gasteiger partial charge in [0, 0.05) is 24.1 Å². The van der Waals surface area contributed by atoms with Crippen molar-refractivity contribution in [3.8, 4) is 17.6 Å². The van der Waals surface area contributed by atoms with Crippen LogP contribution in [0.4, 0.5) is 4.79 Å². The summed E-state index contributed by atoms with van der Waals surface area (Å²) in [6.07, 6.45) is -0.690. The molecule has 2 aromatic rings. The Balaban J connectivity index is 2.13. The van der Waals surface area contributed by atoms with Crippen LogP contribution in [0.25, 0.3) is 0 Å². The van der Waals surface area contributed by atoms with E-state index in [9.17, 15) is 14.7 Å². The predicted octanol–water partition coefficient (Wildman–Crippen LogP) is 5.78. The Bertz CT molecular complexity index is 1220. The summed E-state index contributed by atoms with van der Waals surface area (Å²) in [7, 11) is 1.65. The fraction of sp³-hybridized carbons (Fsp3) is 0.500. The van der Waals surface area contributed by atoms with Crippen LogP contribution in [0.3, 0.4) is 0 Å². The molecule has 3 rings (SSSR count). The monoisotopic (exact) mass is 534 g/mol. The Hall–Kier alpha value is -3.50. The molecular weight excluding hydrogens is 492 g/mol. The summed E-state index contributed by atoms with van der Waals surface area (Å²) in [6.45, 7) is 14.5. The highest BCUT2D eigenvalue weighted by Crippen LogP contribution is 2.48. The normalized spacial score (nSPS) is 21.2. The lowest BCUT2D eigenvalue weighted by molar-refractivity contribution is -0.144. The number of amides is 1. The fourth-order valence-electron chi connectivity index (χ4n) is 5.54. The molecule has 2 N–H and O–H groups in total. The van der Waals surface area contributed by atoms with Crippen molar-refractivity contribution in [3.63, 3.8) is 0 Å². The van der Waals surface area contributed by atoms with Crippen molar-refractivity contribution in [2.45, 2.75) is 78.6 Å².